The maximum absolute atomic E-state index is 13.1. The van der Waals surface area contributed by atoms with Crippen LogP contribution in [0, 0.1) is 0 Å². The van der Waals surface area contributed by atoms with Crippen LogP contribution in [0.2, 0.25) is 0 Å². The van der Waals surface area contributed by atoms with Gasteiger partial charge in [0.2, 0.25) is 0 Å². The summed E-state index contributed by atoms with van der Waals surface area (Å²) in [4.78, 5) is 22.3. The van der Waals surface area contributed by atoms with Gasteiger partial charge in [0.25, 0.3) is 5.91 Å². The molecule has 2 fully saturated rings. The summed E-state index contributed by atoms with van der Waals surface area (Å²) in [6.45, 7) is 8.14. The van der Waals surface area contributed by atoms with Gasteiger partial charge in [-0.2, -0.15) is 0 Å². The number of benzene rings is 2. The van der Waals surface area contributed by atoms with E-state index >= 15 is 0 Å². The Hall–Kier alpha value is -3.16. The van der Waals surface area contributed by atoms with Gasteiger partial charge in [-0.25, -0.2) is 4.98 Å². The van der Waals surface area contributed by atoms with Gasteiger partial charge in [-0.15, -0.1) is 0 Å². The minimum Gasteiger partial charge on any atom is -0.492 e. The Balaban J connectivity index is 1.30. The van der Waals surface area contributed by atoms with Crippen molar-refractivity contribution >= 4 is 28.2 Å². The molecule has 2 saturated heterocycles. The molecule has 2 aliphatic heterocycles. The monoisotopic (exact) mass is 460 g/mol. The first-order valence-electron chi connectivity index (χ1n) is 12.2. The molecular weight excluding hydrogens is 428 g/mol. The van der Waals surface area contributed by atoms with Crippen molar-refractivity contribution in [1.82, 2.24) is 9.88 Å². The van der Waals surface area contributed by atoms with Crippen molar-refractivity contribution in [3.05, 3.63) is 60.3 Å². The third-order valence-electron chi connectivity index (χ3n) is 6.76. The number of ether oxygens (including phenoxy) is 2. The van der Waals surface area contributed by atoms with Crippen LogP contribution in [0.15, 0.2) is 54.7 Å². The highest BCUT2D eigenvalue weighted by molar-refractivity contribution is 6.10. The van der Waals surface area contributed by atoms with E-state index in [2.05, 4.69) is 27.0 Å². The van der Waals surface area contributed by atoms with Crippen molar-refractivity contribution in [3.8, 4) is 5.75 Å². The number of aromatic nitrogens is 1. The molecule has 1 unspecified atom stereocenters. The van der Waals surface area contributed by atoms with Crippen LogP contribution >= 0.6 is 0 Å². The highest BCUT2D eigenvalue weighted by Gasteiger charge is 2.22. The van der Waals surface area contributed by atoms with Crippen LogP contribution in [0.4, 0.5) is 11.5 Å². The average Bonchev–Trinajstić information content (AvgIpc) is 3.32. The van der Waals surface area contributed by atoms with Gasteiger partial charge in [-0.05, 0) is 44.0 Å². The summed E-state index contributed by atoms with van der Waals surface area (Å²) in [5.41, 5.74) is 1.38. The lowest BCUT2D eigenvalue weighted by atomic mass is 10.1. The molecule has 0 spiro atoms. The van der Waals surface area contributed by atoms with Gasteiger partial charge >= 0.3 is 0 Å². The first kappa shape index (κ1) is 22.6. The van der Waals surface area contributed by atoms with E-state index in [-0.39, 0.29) is 5.91 Å². The molecule has 1 atom stereocenters. The van der Waals surface area contributed by atoms with Gasteiger partial charge in [0.05, 0.1) is 13.2 Å². The lowest BCUT2D eigenvalue weighted by Crippen LogP contribution is -2.38. The predicted molar refractivity (Wildman–Crippen MR) is 135 cm³/mol. The molecule has 5 rings (SSSR count). The Kier molecular flexibility index (Phi) is 6.92. The number of fused-ring (bicyclic) bond motifs is 1. The molecule has 3 aromatic rings. The van der Waals surface area contributed by atoms with Gasteiger partial charge in [0.1, 0.15) is 18.2 Å². The molecule has 0 bridgehead atoms. The number of amides is 1. The number of carbonyl (C=O) groups excluding carboxylic acids is 1. The zero-order valence-electron chi connectivity index (χ0n) is 19.7. The molecule has 2 aromatic carbocycles. The van der Waals surface area contributed by atoms with E-state index in [1.165, 1.54) is 0 Å². The Bertz CT molecular complexity index is 1150. The highest BCUT2D eigenvalue weighted by Crippen LogP contribution is 2.32. The number of rotatable bonds is 7. The SMILES string of the molecule is CC1CCCN1c1cc(C(=O)Nc2ccc(OCCN3CCOCC3)c3ccccc23)ccn1. The fraction of sp³-hybridized carbons (Fsp3) is 0.407. The second-order valence-corrected chi connectivity index (χ2v) is 9.00. The molecule has 3 heterocycles. The Morgan fingerprint density at radius 2 is 1.94 bits per heavy atom. The van der Waals surface area contributed by atoms with Gasteiger partial charge in [0.15, 0.2) is 0 Å². The smallest absolute Gasteiger partial charge is 0.255 e. The number of nitrogens with one attached hydrogen (secondary N) is 1. The fourth-order valence-electron chi connectivity index (χ4n) is 4.80. The molecule has 1 aromatic heterocycles. The molecule has 7 nitrogen and oxygen atoms in total. The van der Waals surface area contributed by atoms with Crippen LogP contribution in [0.1, 0.15) is 30.1 Å². The van der Waals surface area contributed by atoms with E-state index in [1.54, 1.807) is 12.3 Å². The van der Waals surface area contributed by atoms with Crippen molar-refractivity contribution in [2.45, 2.75) is 25.8 Å². The van der Waals surface area contributed by atoms with Crippen molar-refractivity contribution in [2.24, 2.45) is 0 Å². The van der Waals surface area contributed by atoms with E-state index in [1.807, 2.05) is 42.5 Å². The topological polar surface area (TPSA) is 66.9 Å². The largest absolute Gasteiger partial charge is 0.492 e. The second kappa shape index (κ2) is 10.4. The average molecular weight is 461 g/mol. The third kappa shape index (κ3) is 5.00. The number of hydrogen-bond donors (Lipinski definition) is 1. The number of anilines is 2. The van der Waals surface area contributed by atoms with Crippen molar-refractivity contribution < 1.29 is 14.3 Å². The minimum absolute atomic E-state index is 0.137. The Morgan fingerprint density at radius 1 is 1.12 bits per heavy atom. The first-order valence-corrected chi connectivity index (χ1v) is 12.2. The quantitative estimate of drug-likeness (QED) is 0.570. The molecule has 1 amide bonds. The Morgan fingerprint density at radius 3 is 2.74 bits per heavy atom. The number of morpholine rings is 1. The summed E-state index contributed by atoms with van der Waals surface area (Å²) in [6.07, 6.45) is 4.04. The van der Waals surface area contributed by atoms with Crippen molar-refractivity contribution in [3.63, 3.8) is 0 Å². The van der Waals surface area contributed by atoms with Crippen LogP contribution in [0.25, 0.3) is 10.8 Å². The number of nitrogens with zero attached hydrogens (tertiary/aromatic N) is 3. The minimum atomic E-state index is -0.137. The fourth-order valence-corrected chi connectivity index (χ4v) is 4.80. The van der Waals surface area contributed by atoms with Gasteiger partial charge in [-0.3, -0.25) is 9.69 Å². The maximum Gasteiger partial charge on any atom is 0.255 e. The van der Waals surface area contributed by atoms with Crippen LogP contribution in [0.5, 0.6) is 5.75 Å². The van der Waals surface area contributed by atoms with Crippen LogP contribution in [-0.2, 0) is 4.74 Å². The number of pyridine rings is 1. The molecule has 2 aliphatic rings. The maximum atomic E-state index is 13.1. The second-order valence-electron chi connectivity index (χ2n) is 9.00. The normalized spacial score (nSPS) is 18.9. The first-order chi connectivity index (χ1) is 16.7. The zero-order valence-corrected chi connectivity index (χ0v) is 19.7. The molecular formula is C27H32N4O3. The summed E-state index contributed by atoms with van der Waals surface area (Å²) in [5.74, 6) is 1.56. The lowest BCUT2D eigenvalue weighted by Gasteiger charge is -2.26. The van der Waals surface area contributed by atoms with Crippen LogP contribution < -0.4 is 15.0 Å². The van der Waals surface area contributed by atoms with Crippen molar-refractivity contribution in [1.29, 1.82) is 0 Å². The van der Waals surface area contributed by atoms with Gasteiger partial charge in [0, 0.05) is 60.4 Å². The van der Waals surface area contributed by atoms with Crippen LogP contribution in [0.3, 0.4) is 0 Å². The molecule has 1 N–H and O–H groups in total. The molecule has 0 aliphatic carbocycles. The number of carbonyl (C=O) groups is 1. The highest BCUT2D eigenvalue weighted by atomic mass is 16.5. The number of hydrogen-bond acceptors (Lipinski definition) is 6. The van der Waals surface area contributed by atoms with Crippen LogP contribution in [-0.4, -0.2) is 67.8 Å². The van der Waals surface area contributed by atoms with E-state index in [0.717, 1.165) is 80.3 Å². The standard InChI is InChI=1S/C27H32N4O3/c1-20-5-4-12-31(20)26-19-21(10-11-28-26)27(32)29-24-8-9-25(23-7-3-2-6-22(23)24)34-18-15-30-13-16-33-17-14-30/h2-3,6-11,19-20H,4-5,12-18H2,1H3,(H,29,32). The summed E-state index contributed by atoms with van der Waals surface area (Å²) < 4.78 is 11.6. The van der Waals surface area contributed by atoms with E-state index in [0.29, 0.717) is 18.2 Å². The summed E-state index contributed by atoms with van der Waals surface area (Å²) >= 11 is 0. The van der Waals surface area contributed by atoms with Crippen molar-refractivity contribution in [2.75, 3.05) is 56.2 Å². The van der Waals surface area contributed by atoms with Gasteiger partial charge < -0.3 is 19.7 Å². The summed E-state index contributed by atoms with van der Waals surface area (Å²) in [6, 6.07) is 16.0. The zero-order chi connectivity index (χ0) is 23.3. The third-order valence-corrected chi connectivity index (χ3v) is 6.76. The Labute approximate surface area is 200 Å². The van der Waals surface area contributed by atoms with Gasteiger partial charge in [-0.1, -0.05) is 24.3 Å². The predicted octanol–water partition coefficient (Wildman–Crippen LogP) is 4.19. The lowest BCUT2D eigenvalue weighted by molar-refractivity contribution is 0.0323. The molecule has 0 saturated carbocycles. The van der Waals surface area contributed by atoms with E-state index in [4.69, 9.17) is 9.47 Å². The van der Waals surface area contributed by atoms with E-state index < -0.39 is 0 Å². The van der Waals surface area contributed by atoms with E-state index in [9.17, 15) is 4.79 Å². The molecule has 178 valence electrons. The summed E-state index contributed by atoms with van der Waals surface area (Å²) in [7, 11) is 0. The molecule has 0 radical (unpaired) electrons. The summed E-state index contributed by atoms with van der Waals surface area (Å²) in [5, 5.41) is 5.05. The molecule has 34 heavy (non-hydrogen) atoms. The molecule has 7 heteroatoms.